The van der Waals surface area contributed by atoms with Gasteiger partial charge in [-0.1, -0.05) is 25.2 Å². The van der Waals surface area contributed by atoms with E-state index in [1.807, 2.05) is 43.5 Å². The Labute approximate surface area is 230 Å². The number of ether oxygens (including phenoxy) is 1. The maximum Gasteiger partial charge on any atom is 0.223 e. The molecule has 2 N–H and O–H groups in total. The number of amides is 1. The number of nitrogens with one attached hydrogen (secondary N) is 2. The van der Waals surface area contributed by atoms with Gasteiger partial charge in [-0.05, 0) is 82.2 Å². The second-order valence-electron chi connectivity index (χ2n) is 9.48. The molecular weight excluding hydrogens is 498 g/mol. The molecule has 2 aromatic heterocycles. The molecule has 1 fully saturated rings. The molecule has 1 amide bonds. The highest BCUT2D eigenvalue weighted by atomic mass is 32.1. The number of benzene rings is 1. The number of anilines is 2. The fraction of sp³-hybridized carbons (Fsp3) is 0.536. The summed E-state index contributed by atoms with van der Waals surface area (Å²) in [5.41, 5.74) is 2.15. The van der Waals surface area contributed by atoms with Gasteiger partial charge in [-0.2, -0.15) is 0 Å². The number of carbonyl (C=O) groups excluding carboxylic acids is 1. The summed E-state index contributed by atoms with van der Waals surface area (Å²) in [6, 6.07) is 12.1. The first-order valence-corrected chi connectivity index (χ1v) is 14.6. The van der Waals surface area contributed by atoms with E-state index in [2.05, 4.69) is 55.1 Å². The van der Waals surface area contributed by atoms with Crippen molar-refractivity contribution in [3.05, 3.63) is 48.3 Å². The van der Waals surface area contributed by atoms with Crippen LogP contribution in [-0.2, 0) is 11.3 Å². The number of aromatic nitrogens is 3. The van der Waals surface area contributed by atoms with Crippen molar-refractivity contribution < 1.29 is 9.53 Å². The van der Waals surface area contributed by atoms with Gasteiger partial charge in [-0.15, -0.1) is 10.2 Å². The third-order valence-corrected chi connectivity index (χ3v) is 8.05. The summed E-state index contributed by atoms with van der Waals surface area (Å²) in [7, 11) is 0. The molecule has 9 nitrogen and oxygen atoms in total. The minimum atomic E-state index is 0.0804. The molecule has 38 heavy (non-hydrogen) atoms. The van der Waals surface area contributed by atoms with Gasteiger partial charge in [-0.25, -0.2) is 0 Å². The van der Waals surface area contributed by atoms with Crippen molar-refractivity contribution >= 4 is 28.1 Å². The van der Waals surface area contributed by atoms with Crippen molar-refractivity contribution in [2.45, 2.75) is 46.6 Å². The Morgan fingerprint density at radius 1 is 1.08 bits per heavy atom. The van der Waals surface area contributed by atoms with Crippen LogP contribution in [0.15, 0.2) is 42.6 Å². The molecule has 10 heteroatoms. The smallest absolute Gasteiger partial charge is 0.223 e. The number of nitrogens with zero attached hydrogens (tertiary/aromatic N) is 5. The van der Waals surface area contributed by atoms with Gasteiger partial charge in [0.1, 0.15) is 5.75 Å². The monoisotopic (exact) mass is 539 g/mol. The lowest BCUT2D eigenvalue weighted by Crippen LogP contribution is -2.41. The minimum Gasteiger partial charge on any atom is -0.494 e. The summed E-state index contributed by atoms with van der Waals surface area (Å²) in [6.07, 6.45) is 4.71. The van der Waals surface area contributed by atoms with Crippen molar-refractivity contribution in [2.24, 2.45) is 5.92 Å². The lowest BCUT2D eigenvalue weighted by Gasteiger charge is -2.30. The SMILES string of the molecule is CCOc1ccc(NCc2cccn2-c2nnc(N3CCC(C(=O)NCCCN(CC)CC)CC3)s2)cc1. The first kappa shape index (κ1) is 27.9. The van der Waals surface area contributed by atoms with Gasteiger partial charge >= 0.3 is 0 Å². The molecule has 206 valence electrons. The first-order valence-electron chi connectivity index (χ1n) is 13.8. The van der Waals surface area contributed by atoms with E-state index in [4.69, 9.17) is 4.74 Å². The third kappa shape index (κ3) is 7.48. The fourth-order valence-electron chi connectivity index (χ4n) is 4.74. The minimum absolute atomic E-state index is 0.0804. The van der Waals surface area contributed by atoms with Crippen molar-refractivity contribution in [1.29, 1.82) is 0 Å². The Balaban J connectivity index is 1.25. The van der Waals surface area contributed by atoms with Crippen LogP contribution in [0.2, 0.25) is 0 Å². The van der Waals surface area contributed by atoms with E-state index in [0.29, 0.717) is 13.2 Å². The summed E-state index contributed by atoms with van der Waals surface area (Å²) in [5.74, 6) is 1.15. The molecule has 0 atom stereocenters. The Bertz CT molecular complexity index is 1120. The van der Waals surface area contributed by atoms with E-state index in [1.165, 1.54) is 0 Å². The summed E-state index contributed by atoms with van der Waals surface area (Å²) in [4.78, 5) is 17.3. The van der Waals surface area contributed by atoms with Crippen LogP contribution in [-0.4, -0.2) is 71.4 Å². The largest absolute Gasteiger partial charge is 0.494 e. The van der Waals surface area contributed by atoms with Crippen molar-refractivity contribution in [3.63, 3.8) is 0 Å². The standard InChI is InChI=1S/C28H41N7O2S/c1-4-33(5-2)17-8-16-29-26(36)22-14-19-34(20-15-22)27-31-32-28(38-27)35-18-7-9-24(35)21-30-23-10-12-25(13-11-23)37-6-3/h7,9-13,18,22,30H,4-6,8,14-17,19-21H2,1-3H3,(H,29,36). The zero-order valence-electron chi connectivity index (χ0n) is 22.9. The van der Waals surface area contributed by atoms with E-state index >= 15 is 0 Å². The second kappa shape index (κ2) is 14.2. The molecule has 0 aliphatic carbocycles. The molecule has 0 spiro atoms. The zero-order chi connectivity index (χ0) is 26.7. The van der Waals surface area contributed by atoms with E-state index in [9.17, 15) is 4.79 Å². The van der Waals surface area contributed by atoms with E-state index < -0.39 is 0 Å². The van der Waals surface area contributed by atoms with Crippen LogP contribution in [0.5, 0.6) is 5.75 Å². The molecule has 0 radical (unpaired) electrons. The normalized spacial score (nSPS) is 14.2. The quantitative estimate of drug-likeness (QED) is 0.294. The van der Waals surface area contributed by atoms with Gasteiger partial charge in [0.25, 0.3) is 0 Å². The maximum absolute atomic E-state index is 12.6. The molecule has 1 aliphatic heterocycles. The highest BCUT2D eigenvalue weighted by Crippen LogP contribution is 2.29. The molecule has 1 aliphatic rings. The molecular formula is C28H41N7O2S. The maximum atomic E-state index is 12.6. The number of hydrogen-bond donors (Lipinski definition) is 2. The fourth-order valence-corrected chi connectivity index (χ4v) is 5.65. The molecule has 0 unspecified atom stereocenters. The number of piperidine rings is 1. The van der Waals surface area contributed by atoms with Gasteiger partial charge in [0, 0.05) is 43.1 Å². The number of hydrogen-bond acceptors (Lipinski definition) is 8. The lowest BCUT2D eigenvalue weighted by atomic mass is 9.96. The average molecular weight is 540 g/mol. The average Bonchev–Trinajstić information content (AvgIpc) is 3.63. The van der Waals surface area contributed by atoms with Crippen LogP contribution in [0.3, 0.4) is 0 Å². The predicted octanol–water partition coefficient (Wildman–Crippen LogP) is 4.40. The van der Waals surface area contributed by atoms with Crippen LogP contribution >= 0.6 is 11.3 Å². The summed E-state index contributed by atoms with van der Waals surface area (Å²) in [5, 5.41) is 17.3. The summed E-state index contributed by atoms with van der Waals surface area (Å²) in [6.45, 7) is 13.2. The van der Waals surface area contributed by atoms with Crippen LogP contribution < -0.4 is 20.3 Å². The van der Waals surface area contributed by atoms with Gasteiger partial charge < -0.3 is 25.2 Å². The first-order chi connectivity index (χ1) is 18.6. The van der Waals surface area contributed by atoms with E-state index in [0.717, 1.165) is 85.9 Å². The van der Waals surface area contributed by atoms with Gasteiger partial charge in [0.2, 0.25) is 16.2 Å². The van der Waals surface area contributed by atoms with Crippen molar-refractivity contribution in [2.75, 3.05) is 56.1 Å². The highest BCUT2D eigenvalue weighted by Gasteiger charge is 2.26. The van der Waals surface area contributed by atoms with Crippen LogP contribution in [0.25, 0.3) is 5.13 Å². The van der Waals surface area contributed by atoms with Gasteiger partial charge in [0.15, 0.2) is 0 Å². The zero-order valence-corrected chi connectivity index (χ0v) is 23.7. The molecule has 1 saturated heterocycles. The summed E-state index contributed by atoms with van der Waals surface area (Å²) < 4.78 is 7.61. The van der Waals surface area contributed by atoms with Gasteiger partial charge in [0.05, 0.1) is 13.2 Å². The van der Waals surface area contributed by atoms with Crippen LogP contribution in [0, 0.1) is 5.92 Å². The molecule has 4 rings (SSSR count). The number of carbonyl (C=O) groups is 1. The van der Waals surface area contributed by atoms with E-state index in [1.54, 1.807) is 11.3 Å². The molecule has 0 saturated carbocycles. The highest BCUT2D eigenvalue weighted by molar-refractivity contribution is 7.17. The lowest BCUT2D eigenvalue weighted by molar-refractivity contribution is -0.125. The molecule has 1 aromatic carbocycles. The van der Waals surface area contributed by atoms with E-state index in [-0.39, 0.29) is 11.8 Å². The Hall–Kier alpha value is -3.11. The third-order valence-electron chi connectivity index (χ3n) is 7.06. The Morgan fingerprint density at radius 2 is 1.82 bits per heavy atom. The van der Waals surface area contributed by atoms with Crippen molar-refractivity contribution in [3.8, 4) is 10.9 Å². The topological polar surface area (TPSA) is 87.5 Å². The molecule has 3 heterocycles. The molecule has 0 bridgehead atoms. The van der Waals surface area contributed by atoms with Gasteiger partial charge in [-0.3, -0.25) is 9.36 Å². The Kier molecular flexibility index (Phi) is 10.4. The Morgan fingerprint density at radius 3 is 2.53 bits per heavy atom. The predicted molar refractivity (Wildman–Crippen MR) is 155 cm³/mol. The second-order valence-corrected chi connectivity index (χ2v) is 10.4. The molecule has 3 aromatic rings. The number of rotatable bonds is 14. The summed E-state index contributed by atoms with van der Waals surface area (Å²) >= 11 is 1.59. The van der Waals surface area contributed by atoms with Crippen LogP contribution in [0.1, 0.15) is 45.7 Å². The van der Waals surface area contributed by atoms with Crippen molar-refractivity contribution in [1.82, 2.24) is 25.0 Å². The van der Waals surface area contributed by atoms with Crippen LogP contribution in [0.4, 0.5) is 10.8 Å².